The van der Waals surface area contributed by atoms with Crippen molar-refractivity contribution in [1.29, 1.82) is 0 Å². The fourth-order valence-electron chi connectivity index (χ4n) is 4.06. The molecule has 10 nitrogen and oxygen atoms in total. The van der Waals surface area contributed by atoms with E-state index in [1.165, 1.54) is 51.4 Å². The summed E-state index contributed by atoms with van der Waals surface area (Å²) in [6, 6.07) is 0. The summed E-state index contributed by atoms with van der Waals surface area (Å²) in [7, 11) is -8.11. The fraction of sp³-hybridized carbons (Fsp3) is 1.00. The van der Waals surface area contributed by atoms with Crippen LogP contribution >= 0.6 is 0 Å². The van der Waals surface area contributed by atoms with E-state index in [4.69, 9.17) is 28.1 Å². The Labute approximate surface area is 295 Å². The second kappa shape index (κ2) is 30.3. The molecular formula is C27H58Na2O10S2. The number of unbranched alkanes of at least 4 members (excludes halogenated alkanes) is 10. The zero-order valence-corrected chi connectivity index (χ0v) is 26.1. The molecule has 14 heteroatoms. The van der Waals surface area contributed by atoms with Gasteiger partial charge < -0.3 is 18.9 Å². The molecule has 0 aromatic rings. The molecule has 0 spiro atoms. The van der Waals surface area contributed by atoms with E-state index in [-0.39, 0.29) is 110 Å². The summed E-state index contributed by atoms with van der Waals surface area (Å²) in [6.07, 6.45) is 14.1. The summed E-state index contributed by atoms with van der Waals surface area (Å²) >= 11 is 0. The van der Waals surface area contributed by atoms with Crippen molar-refractivity contribution in [2.45, 2.75) is 104 Å². The average Bonchev–Trinajstić information content (AvgIpc) is 2.85. The van der Waals surface area contributed by atoms with E-state index in [0.29, 0.717) is 26.4 Å². The SMILES string of the molecule is CCCCCCCCOCC(COCCCCCCCC)(COCCCS(=O)(=O)O)COCCCS(=O)(=O)O.[NaH].[NaH]. The molecule has 0 amide bonds. The van der Waals surface area contributed by atoms with E-state index >= 15 is 0 Å². The van der Waals surface area contributed by atoms with Gasteiger partial charge in [0.2, 0.25) is 0 Å². The van der Waals surface area contributed by atoms with Crippen LogP contribution in [0.15, 0.2) is 0 Å². The topological polar surface area (TPSA) is 146 Å². The van der Waals surface area contributed by atoms with Gasteiger partial charge in [0.1, 0.15) is 0 Å². The van der Waals surface area contributed by atoms with Crippen LogP contribution in [0.1, 0.15) is 104 Å². The van der Waals surface area contributed by atoms with Crippen LogP contribution in [0.2, 0.25) is 0 Å². The normalized spacial score (nSPS) is 12.2. The molecule has 0 unspecified atom stereocenters. The van der Waals surface area contributed by atoms with Gasteiger partial charge in [-0.05, 0) is 25.7 Å². The molecule has 0 heterocycles. The molecule has 2 N–H and O–H groups in total. The van der Waals surface area contributed by atoms with E-state index in [0.717, 1.165) is 25.7 Å². The number of hydrogen-bond donors (Lipinski definition) is 2. The Hall–Kier alpha value is 1.66. The van der Waals surface area contributed by atoms with Gasteiger partial charge in [0, 0.05) is 26.4 Å². The predicted octanol–water partition coefficient (Wildman–Crippen LogP) is 4.02. The van der Waals surface area contributed by atoms with Crippen molar-refractivity contribution in [3.05, 3.63) is 0 Å². The second-order valence-corrected chi connectivity index (χ2v) is 13.7. The van der Waals surface area contributed by atoms with Gasteiger partial charge >= 0.3 is 59.1 Å². The number of rotatable bonds is 30. The fourth-order valence-corrected chi connectivity index (χ4v) is 5.03. The van der Waals surface area contributed by atoms with Gasteiger partial charge in [0.25, 0.3) is 20.2 Å². The maximum atomic E-state index is 11.0. The van der Waals surface area contributed by atoms with Crippen LogP contribution in [0.25, 0.3) is 0 Å². The van der Waals surface area contributed by atoms with Crippen molar-refractivity contribution in [3.63, 3.8) is 0 Å². The standard InChI is InChI=1S/C27H56O10S2.2Na.2H/c1-3-5-7-9-11-13-17-34-23-27(25-36-19-15-21-38(28,29)30,26-37-20-16-22-39(31,32)33)24-35-18-14-12-10-8-6-4-2;;;;/h3-26H2,1-2H3,(H,28,29,30)(H,31,32,33);;;;. The summed E-state index contributed by atoms with van der Waals surface area (Å²) in [5.41, 5.74) is -0.666. The van der Waals surface area contributed by atoms with Crippen LogP contribution in [0.4, 0.5) is 0 Å². The number of ether oxygens (including phenoxy) is 4. The molecule has 0 atom stereocenters. The predicted molar refractivity (Wildman–Crippen MR) is 169 cm³/mol. The quantitative estimate of drug-likeness (QED) is 0.0663. The molecule has 41 heavy (non-hydrogen) atoms. The van der Waals surface area contributed by atoms with E-state index in [9.17, 15) is 16.8 Å². The maximum absolute atomic E-state index is 11.0. The first-order chi connectivity index (χ1) is 18.5. The van der Waals surface area contributed by atoms with Crippen LogP contribution in [0.5, 0.6) is 0 Å². The van der Waals surface area contributed by atoms with E-state index < -0.39 is 25.7 Å². The first-order valence-electron chi connectivity index (χ1n) is 14.7. The van der Waals surface area contributed by atoms with Gasteiger partial charge in [-0.3, -0.25) is 9.11 Å². The molecule has 0 aliphatic heterocycles. The molecular weight excluding hydrogens is 594 g/mol. The molecule has 0 bridgehead atoms. The molecule has 240 valence electrons. The Morgan fingerprint density at radius 1 is 0.463 bits per heavy atom. The molecule has 0 saturated heterocycles. The van der Waals surface area contributed by atoms with Gasteiger partial charge in [0.15, 0.2) is 0 Å². The second-order valence-electron chi connectivity index (χ2n) is 10.5. The molecule has 0 saturated carbocycles. The van der Waals surface area contributed by atoms with Gasteiger partial charge in [0.05, 0.1) is 43.3 Å². The monoisotopic (exact) mass is 652 g/mol. The third-order valence-electron chi connectivity index (χ3n) is 6.30. The molecule has 0 aromatic carbocycles. The Morgan fingerprint density at radius 2 is 0.732 bits per heavy atom. The third kappa shape index (κ3) is 34.4. The summed E-state index contributed by atoms with van der Waals surface area (Å²) < 4.78 is 85.7. The van der Waals surface area contributed by atoms with Crippen molar-refractivity contribution in [2.75, 3.05) is 64.4 Å². The molecule has 0 aliphatic rings. The summed E-state index contributed by atoms with van der Waals surface area (Å²) in [6.45, 7) is 6.86. The van der Waals surface area contributed by atoms with Crippen molar-refractivity contribution < 1.29 is 44.9 Å². The van der Waals surface area contributed by atoms with E-state index in [2.05, 4.69) is 13.8 Å². The molecule has 0 rings (SSSR count). The van der Waals surface area contributed by atoms with Gasteiger partial charge in [-0.15, -0.1) is 0 Å². The van der Waals surface area contributed by atoms with E-state index in [1.807, 2.05) is 0 Å². The van der Waals surface area contributed by atoms with Crippen molar-refractivity contribution >= 4 is 79.4 Å². The van der Waals surface area contributed by atoms with Gasteiger partial charge in [-0.2, -0.15) is 16.8 Å². The molecule has 0 radical (unpaired) electrons. The van der Waals surface area contributed by atoms with Crippen molar-refractivity contribution in [3.8, 4) is 0 Å². The zero-order valence-electron chi connectivity index (χ0n) is 24.4. The molecule has 0 aliphatic carbocycles. The minimum absolute atomic E-state index is 0. The van der Waals surface area contributed by atoms with Gasteiger partial charge in [-0.25, -0.2) is 0 Å². The first-order valence-corrected chi connectivity index (χ1v) is 18.0. The Kier molecular flexibility index (Phi) is 34.8. The summed E-state index contributed by atoms with van der Waals surface area (Å²) in [5.74, 6) is -0.760. The van der Waals surface area contributed by atoms with Crippen LogP contribution in [0, 0.1) is 5.41 Å². The van der Waals surface area contributed by atoms with Crippen LogP contribution in [-0.4, -0.2) is 149 Å². The van der Waals surface area contributed by atoms with E-state index in [1.54, 1.807) is 0 Å². The Balaban J connectivity index is -0.00000722. The van der Waals surface area contributed by atoms with Crippen LogP contribution in [0.3, 0.4) is 0 Å². The molecule has 0 aromatic heterocycles. The average molecular weight is 653 g/mol. The summed E-state index contributed by atoms with van der Waals surface area (Å²) in [4.78, 5) is 0. The summed E-state index contributed by atoms with van der Waals surface area (Å²) in [5, 5.41) is 0. The Bertz CT molecular complexity index is 704. The minimum atomic E-state index is -4.05. The van der Waals surface area contributed by atoms with Crippen LogP contribution in [-0.2, 0) is 39.2 Å². The van der Waals surface area contributed by atoms with Crippen LogP contribution < -0.4 is 0 Å². The van der Waals surface area contributed by atoms with Gasteiger partial charge in [-0.1, -0.05) is 78.1 Å². The first kappa shape index (κ1) is 47.1. The van der Waals surface area contributed by atoms with Crippen molar-refractivity contribution in [2.24, 2.45) is 5.41 Å². The van der Waals surface area contributed by atoms with Crippen molar-refractivity contribution in [1.82, 2.24) is 0 Å². The molecule has 0 fully saturated rings. The number of hydrogen-bond acceptors (Lipinski definition) is 8. The third-order valence-corrected chi connectivity index (χ3v) is 7.91. The zero-order chi connectivity index (χ0) is 29.3. The Morgan fingerprint density at radius 3 is 1.02 bits per heavy atom.